The van der Waals surface area contributed by atoms with Crippen LogP contribution in [0.4, 0.5) is 5.82 Å². The molecular formula is C19H21ClN4O. The van der Waals surface area contributed by atoms with Crippen molar-refractivity contribution in [3.63, 3.8) is 0 Å². The first-order valence-electron chi connectivity index (χ1n) is 8.53. The largest absolute Gasteiger partial charge is 0.355 e. The van der Waals surface area contributed by atoms with Crippen molar-refractivity contribution in [3.8, 4) is 6.07 Å². The summed E-state index contributed by atoms with van der Waals surface area (Å²) in [5, 5.41) is 13.9. The average molecular weight is 357 g/mol. The van der Waals surface area contributed by atoms with Gasteiger partial charge < -0.3 is 10.2 Å². The van der Waals surface area contributed by atoms with Gasteiger partial charge in [0.1, 0.15) is 5.82 Å². The van der Waals surface area contributed by atoms with Crippen molar-refractivity contribution < 1.29 is 4.79 Å². The number of pyridine rings is 1. The van der Waals surface area contributed by atoms with Gasteiger partial charge in [-0.3, -0.25) is 4.79 Å². The van der Waals surface area contributed by atoms with E-state index in [0.717, 1.165) is 36.1 Å². The third kappa shape index (κ3) is 3.85. The molecule has 1 N–H and O–H groups in total. The van der Waals surface area contributed by atoms with Crippen molar-refractivity contribution in [3.05, 3.63) is 34.9 Å². The quantitative estimate of drug-likeness (QED) is 0.913. The fraction of sp³-hybridized carbons (Fsp3) is 0.421. The van der Waals surface area contributed by atoms with E-state index >= 15 is 0 Å². The second kappa shape index (κ2) is 7.28. The van der Waals surface area contributed by atoms with Gasteiger partial charge in [-0.1, -0.05) is 25.4 Å². The van der Waals surface area contributed by atoms with Gasteiger partial charge in [-0.2, -0.15) is 5.26 Å². The lowest BCUT2D eigenvalue weighted by Crippen LogP contribution is -2.49. The molecule has 0 aliphatic carbocycles. The zero-order chi connectivity index (χ0) is 18.0. The Kier molecular flexibility index (Phi) is 5.10. The van der Waals surface area contributed by atoms with Gasteiger partial charge in [0.15, 0.2) is 0 Å². The van der Waals surface area contributed by atoms with E-state index in [9.17, 15) is 10.1 Å². The molecule has 2 heterocycles. The summed E-state index contributed by atoms with van der Waals surface area (Å²) in [4.78, 5) is 18.8. The van der Waals surface area contributed by atoms with E-state index in [-0.39, 0.29) is 17.9 Å². The topological polar surface area (TPSA) is 69.0 Å². The lowest BCUT2D eigenvalue weighted by molar-refractivity contribution is -0.124. The number of carbonyl (C=O) groups excluding carboxylic acids is 1. The van der Waals surface area contributed by atoms with E-state index in [4.69, 9.17) is 16.6 Å². The van der Waals surface area contributed by atoms with Crippen LogP contribution in [0.2, 0.25) is 5.02 Å². The van der Waals surface area contributed by atoms with Crippen LogP contribution in [0.1, 0.15) is 32.3 Å². The van der Waals surface area contributed by atoms with Crippen LogP contribution >= 0.6 is 11.6 Å². The van der Waals surface area contributed by atoms with Gasteiger partial charge in [-0.05, 0) is 37.1 Å². The van der Waals surface area contributed by atoms with Crippen molar-refractivity contribution >= 4 is 34.2 Å². The first kappa shape index (κ1) is 17.5. The molecule has 1 unspecified atom stereocenters. The van der Waals surface area contributed by atoms with Gasteiger partial charge >= 0.3 is 0 Å². The highest BCUT2D eigenvalue weighted by Crippen LogP contribution is 2.27. The van der Waals surface area contributed by atoms with Crippen LogP contribution in [0.3, 0.4) is 0 Å². The smallest absolute Gasteiger partial charge is 0.222 e. The van der Waals surface area contributed by atoms with Crippen LogP contribution in [0.25, 0.3) is 10.9 Å². The van der Waals surface area contributed by atoms with E-state index in [0.29, 0.717) is 17.1 Å². The van der Waals surface area contributed by atoms with E-state index in [1.165, 1.54) is 0 Å². The maximum absolute atomic E-state index is 12.0. The number of amides is 1. The minimum absolute atomic E-state index is 0.0240. The molecule has 1 aliphatic heterocycles. The summed E-state index contributed by atoms with van der Waals surface area (Å²) >= 11 is 6.04. The molecule has 25 heavy (non-hydrogen) atoms. The molecule has 1 amide bonds. The van der Waals surface area contributed by atoms with Crippen molar-refractivity contribution in [2.75, 3.05) is 18.0 Å². The van der Waals surface area contributed by atoms with Crippen LogP contribution in [0.5, 0.6) is 0 Å². The molecular weight excluding hydrogens is 336 g/mol. The molecule has 0 spiro atoms. The third-order valence-corrected chi connectivity index (χ3v) is 4.73. The summed E-state index contributed by atoms with van der Waals surface area (Å²) < 4.78 is 0. The normalized spacial score (nSPS) is 17.6. The van der Waals surface area contributed by atoms with E-state index in [2.05, 4.69) is 16.3 Å². The number of piperidine rings is 1. The SMILES string of the molecule is CC(C)C(=O)NC1CCCN(c2cc(C#N)c3cc(Cl)ccc3n2)C1. The Morgan fingerprint density at radius 3 is 2.96 bits per heavy atom. The first-order chi connectivity index (χ1) is 12.0. The summed E-state index contributed by atoms with van der Waals surface area (Å²) in [6.45, 7) is 5.36. The Morgan fingerprint density at radius 1 is 1.44 bits per heavy atom. The van der Waals surface area contributed by atoms with Crippen LogP contribution in [-0.4, -0.2) is 30.0 Å². The number of hydrogen-bond acceptors (Lipinski definition) is 4. The number of fused-ring (bicyclic) bond motifs is 1. The van der Waals surface area contributed by atoms with E-state index in [1.807, 2.05) is 26.0 Å². The second-order valence-corrected chi connectivity index (χ2v) is 7.19. The minimum Gasteiger partial charge on any atom is -0.355 e. The number of nitriles is 1. The lowest BCUT2D eigenvalue weighted by atomic mass is 10.0. The molecule has 1 aliphatic rings. The number of benzene rings is 1. The van der Waals surface area contributed by atoms with Gasteiger partial charge in [-0.15, -0.1) is 0 Å². The highest BCUT2D eigenvalue weighted by Gasteiger charge is 2.24. The van der Waals surface area contributed by atoms with Crippen molar-refractivity contribution in [2.45, 2.75) is 32.7 Å². The summed E-state index contributed by atoms with van der Waals surface area (Å²) in [5.41, 5.74) is 1.32. The average Bonchev–Trinajstić information content (AvgIpc) is 2.61. The first-order valence-corrected chi connectivity index (χ1v) is 8.91. The molecule has 5 nitrogen and oxygen atoms in total. The Hall–Kier alpha value is -2.32. The maximum Gasteiger partial charge on any atom is 0.222 e. The van der Waals surface area contributed by atoms with Gasteiger partial charge in [-0.25, -0.2) is 4.98 Å². The molecule has 1 saturated heterocycles. The summed E-state index contributed by atoms with van der Waals surface area (Å²) in [5.74, 6) is 0.824. The number of rotatable bonds is 3. The van der Waals surface area contributed by atoms with E-state index < -0.39 is 0 Å². The molecule has 0 bridgehead atoms. The molecule has 6 heteroatoms. The Morgan fingerprint density at radius 2 is 2.24 bits per heavy atom. The fourth-order valence-corrected chi connectivity index (χ4v) is 3.28. The second-order valence-electron chi connectivity index (χ2n) is 6.75. The maximum atomic E-state index is 12.0. The third-order valence-electron chi connectivity index (χ3n) is 4.49. The number of hydrogen-bond donors (Lipinski definition) is 1. The van der Waals surface area contributed by atoms with Gasteiger partial charge in [0.05, 0.1) is 17.1 Å². The van der Waals surface area contributed by atoms with Gasteiger partial charge in [0.25, 0.3) is 0 Å². The molecule has 1 fully saturated rings. The molecule has 1 aromatic carbocycles. The number of aromatic nitrogens is 1. The van der Waals surface area contributed by atoms with Crippen molar-refractivity contribution in [2.24, 2.45) is 5.92 Å². The van der Waals surface area contributed by atoms with Crippen LogP contribution in [-0.2, 0) is 4.79 Å². The minimum atomic E-state index is -0.0240. The zero-order valence-electron chi connectivity index (χ0n) is 14.4. The van der Waals surface area contributed by atoms with Crippen LogP contribution in [0.15, 0.2) is 24.3 Å². The standard InChI is InChI=1S/C19H21ClN4O/c1-12(2)19(25)22-15-4-3-7-24(11-15)18-8-13(10-21)16-9-14(20)5-6-17(16)23-18/h5-6,8-9,12,15H,3-4,7,11H2,1-2H3,(H,22,25). The molecule has 0 radical (unpaired) electrons. The van der Waals surface area contributed by atoms with Crippen molar-refractivity contribution in [1.29, 1.82) is 5.26 Å². The van der Waals surface area contributed by atoms with Crippen LogP contribution < -0.4 is 10.2 Å². The molecule has 2 aromatic rings. The Bertz CT molecular complexity index is 843. The molecule has 1 aromatic heterocycles. The molecule has 3 rings (SSSR count). The highest BCUT2D eigenvalue weighted by molar-refractivity contribution is 6.31. The Balaban J connectivity index is 1.87. The molecule has 130 valence electrons. The predicted octanol–water partition coefficient (Wildman–Crippen LogP) is 3.50. The highest BCUT2D eigenvalue weighted by atomic mass is 35.5. The number of anilines is 1. The predicted molar refractivity (Wildman–Crippen MR) is 99.7 cm³/mol. The number of nitrogens with zero attached hydrogens (tertiary/aromatic N) is 3. The number of nitrogens with one attached hydrogen (secondary N) is 1. The Labute approximate surface area is 152 Å². The summed E-state index contributed by atoms with van der Waals surface area (Å²) in [7, 11) is 0. The molecule has 0 saturated carbocycles. The van der Waals surface area contributed by atoms with Gasteiger partial charge in [0.2, 0.25) is 5.91 Å². The van der Waals surface area contributed by atoms with Gasteiger partial charge in [0, 0.05) is 35.5 Å². The summed E-state index contributed by atoms with van der Waals surface area (Å²) in [6, 6.07) is 9.55. The summed E-state index contributed by atoms with van der Waals surface area (Å²) in [6.07, 6.45) is 1.94. The fourth-order valence-electron chi connectivity index (χ4n) is 3.11. The number of halogens is 1. The molecule has 1 atom stereocenters. The van der Waals surface area contributed by atoms with E-state index in [1.54, 1.807) is 12.1 Å². The lowest BCUT2D eigenvalue weighted by Gasteiger charge is -2.34. The van der Waals surface area contributed by atoms with Crippen molar-refractivity contribution in [1.82, 2.24) is 10.3 Å². The van der Waals surface area contributed by atoms with Crippen LogP contribution in [0, 0.1) is 17.2 Å². The number of carbonyl (C=O) groups is 1. The zero-order valence-corrected chi connectivity index (χ0v) is 15.2. The monoisotopic (exact) mass is 356 g/mol.